The van der Waals surface area contributed by atoms with Crippen LogP contribution in [-0.4, -0.2) is 16.1 Å². The molecule has 0 aliphatic carbocycles. The molecule has 112 valence electrons. The van der Waals surface area contributed by atoms with Gasteiger partial charge in [-0.2, -0.15) is 0 Å². The molecular weight excluding hydrogens is 286 g/mol. The lowest BCUT2D eigenvalue weighted by Gasteiger charge is -2.07. The molecule has 0 radical (unpaired) electrons. The van der Waals surface area contributed by atoms with Gasteiger partial charge in [0.2, 0.25) is 0 Å². The molecule has 0 atom stereocenters. The van der Waals surface area contributed by atoms with Gasteiger partial charge in [0.15, 0.2) is 0 Å². The second kappa shape index (κ2) is 5.59. The van der Waals surface area contributed by atoms with Crippen molar-refractivity contribution in [3.8, 4) is 5.69 Å². The van der Waals surface area contributed by atoms with E-state index in [0.29, 0.717) is 0 Å². The van der Waals surface area contributed by atoms with Gasteiger partial charge in [0, 0.05) is 16.5 Å². The smallest absolute Gasteiger partial charge is 0.113 e. The van der Waals surface area contributed by atoms with Crippen molar-refractivity contribution in [3.05, 3.63) is 72.8 Å². The molecule has 1 aromatic heterocycles. The second-order valence-electron chi connectivity index (χ2n) is 5.27. The average molecular weight is 301 g/mol. The number of benzene rings is 3. The number of aromatic nitrogens is 1. The van der Waals surface area contributed by atoms with Gasteiger partial charge in [-0.25, -0.2) is 4.99 Å². The summed E-state index contributed by atoms with van der Waals surface area (Å²) >= 11 is 0. The zero-order chi connectivity index (χ0) is 15.6. The van der Waals surface area contributed by atoms with Crippen LogP contribution in [0.4, 0.5) is 5.69 Å². The van der Waals surface area contributed by atoms with E-state index in [1.165, 1.54) is 28.1 Å². The van der Waals surface area contributed by atoms with Gasteiger partial charge in [-0.3, -0.25) is 10.7 Å². The van der Waals surface area contributed by atoms with Gasteiger partial charge in [-0.05, 0) is 36.4 Å². The lowest BCUT2D eigenvalue weighted by atomic mass is 10.2. The highest BCUT2D eigenvalue weighted by molar-refractivity contribution is 6.09. The normalized spacial score (nSPS) is 11.5. The fourth-order valence-corrected chi connectivity index (χ4v) is 2.99. The van der Waals surface area contributed by atoms with Crippen molar-refractivity contribution in [1.82, 2.24) is 10.0 Å². The third kappa shape index (κ3) is 2.25. The molecule has 0 unspecified atom stereocenters. The van der Waals surface area contributed by atoms with Crippen LogP contribution in [0, 0.1) is 0 Å². The molecule has 4 nitrogen and oxygen atoms in total. The number of hydrogen-bond acceptors (Lipinski definition) is 2. The molecule has 23 heavy (non-hydrogen) atoms. The average Bonchev–Trinajstić information content (AvgIpc) is 2.95. The summed E-state index contributed by atoms with van der Waals surface area (Å²) in [5, 5.41) is 11.1. The van der Waals surface area contributed by atoms with Gasteiger partial charge >= 0.3 is 0 Å². The van der Waals surface area contributed by atoms with Gasteiger partial charge in [0.05, 0.1) is 16.7 Å². The minimum atomic E-state index is 0.774. The van der Waals surface area contributed by atoms with Crippen molar-refractivity contribution in [2.45, 2.75) is 0 Å². The van der Waals surface area contributed by atoms with Crippen LogP contribution in [0.15, 0.2) is 77.8 Å². The molecule has 2 N–H and O–H groups in total. The lowest BCUT2D eigenvalue weighted by molar-refractivity contribution is 0.240. The van der Waals surface area contributed by atoms with E-state index in [1.54, 1.807) is 0 Å². The monoisotopic (exact) mass is 301 g/mol. The SMILES string of the molecule is ONC=Nc1ccc(-n2c3ccccc3c3ccccc32)cc1. The summed E-state index contributed by atoms with van der Waals surface area (Å²) in [6, 6.07) is 24.7. The van der Waals surface area contributed by atoms with E-state index in [0.717, 1.165) is 11.4 Å². The first-order valence-corrected chi connectivity index (χ1v) is 7.39. The van der Waals surface area contributed by atoms with Crippen LogP contribution in [0.1, 0.15) is 0 Å². The molecule has 0 saturated heterocycles. The maximum atomic E-state index is 8.57. The fourth-order valence-electron chi connectivity index (χ4n) is 2.99. The number of nitrogens with zero attached hydrogens (tertiary/aromatic N) is 2. The zero-order valence-electron chi connectivity index (χ0n) is 12.3. The Labute approximate surface area is 133 Å². The third-order valence-electron chi connectivity index (χ3n) is 3.96. The topological polar surface area (TPSA) is 49.5 Å². The van der Waals surface area contributed by atoms with Gasteiger partial charge in [-0.15, -0.1) is 0 Å². The van der Waals surface area contributed by atoms with Gasteiger partial charge in [-0.1, -0.05) is 36.4 Å². The van der Waals surface area contributed by atoms with E-state index in [4.69, 9.17) is 5.21 Å². The Morgan fingerprint density at radius 1 is 0.783 bits per heavy atom. The highest BCUT2D eigenvalue weighted by Crippen LogP contribution is 2.32. The Morgan fingerprint density at radius 2 is 1.35 bits per heavy atom. The van der Waals surface area contributed by atoms with Crippen LogP contribution in [0.2, 0.25) is 0 Å². The zero-order valence-corrected chi connectivity index (χ0v) is 12.3. The minimum absolute atomic E-state index is 0.774. The quantitative estimate of drug-likeness (QED) is 0.334. The number of para-hydroxylation sites is 2. The maximum Gasteiger partial charge on any atom is 0.113 e. The van der Waals surface area contributed by atoms with E-state index in [1.807, 2.05) is 29.7 Å². The summed E-state index contributed by atoms with van der Waals surface area (Å²) in [5.41, 5.74) is 6.13. The van der Waals surface area contributed by atoms with Crippen LogP contribution < -0.4 is 5.48 Å². The summed E-state index contributed by atoms with van der Waals surface area (Å²) in [6.45, 7) is 0. The molecule has 1 heterocycles. The molecule has 4 rings (SSSR count). The summed E-state index contributed by atoms with van der Waals surface area (Å²) in [7, 11) is 0. The molecule has 0 aliphatic heterocycles. The lowest BCUT2D eigenvalue weighted by Crippen LogP contribution is -2.00. The van der Waals surface area contributed by atoms with E-state index < -0.39 is 0 Å². The molecule has 0 bridgehead atoms. The standard InChI is InChI=1S/C19H15N3O/c23-21-13-20-14-9-11-15(12-10-14)22-18-7-3-1-5-16(18)17-6-2-4-8-19(17)22/h1-13,23H,(H,20,21). The molecule has 0 spiro atoms. The molecule has 0 fully saturated rings. The van der Waals surface area contributed by atoms with Crippen LogP contribution >= 0.6 is 0 Å². The largest absolute Gasteiger partial charge is 0.309 e. The van der Waals surface area contributed by atoms with Crippen molar-refractivity contribution >= 4 is 33.8 Å². The number of hydroxylamine groups is 1. The van der Waals surface area contributed by atoms with E-state index in [2.05, 4.69) is 58.1 Å². The summed E-state index contributed by atoms with van der Waals surface area (Å²) in [6.07, 6.45) is 1.25. The predicted molar refractivity (Wildman–Crippen MR) is 93.9 cm³/mol. The second-order valence-corrected chi connectivity index (χ2v) is 5.27. The van der Waals surface area contributed by atoms with Crippen LogP contribution in [0.5, 0.6) is 0 Å². The van der Waals surface area contributed by atoms with E-state index in [-0.39, 0.29) is 0 Å². The third-order valence-corrected chi connectivity index (χ3v) is 3.96. The fraction of sp³-hybridized carbons (Fsp3) is 0. The van der Waals surface area contributed by atoms with Crippen molar-refractivity contribution in [1.29, 1.82) is 0 Å². The number of rotatable bonds is 3. The van der Waals surface area contributed by atoms with E-state index >= 15 is 0 Å². The van der Waals surface area contributed by atoms with Crippen molar-refractivity contribution in [3.63, 3.8) is 0 Å². The predicted octanol–water partition coefficient (Wildman–Crippen LogP) is 4.42. The first kappa shape index (κ1) is 13.5. The van der Waals surface area contributed by atoms with Gasteiger partial charge in [0.25, 0.3) is 0 Å². The summed E-state index contributed by atoms with van der Waals surface area (Å²) in [5.74, 6) is 0. The molecular formula is C19H15N3O. The Morgan fingerprint density at radius 3 is 1.91 bits per heavy atom. The van der Waals surface area contributed by atoms with Crippen LogP contribution in [-0.2, 0) is 0 Å². The summed E-state index contributed by atoms with van der Waals surface area (Å²) in [4.78, 5) is 4.08. The summed E-state index contributed by atoms with van der Waals surface area (Å²) < 4.78 is 2.25. The van der Waals surface area contributed by atoms with Gasteiger partial charge < -0.3 is 4.57 Å². The Balaban J connectivity index is 1.95. The number of aliphatic imine (C=N–C) groups is 1. The number of fused-ring (bicyclic) bond motifs is 3. The number of nitrogens with one attached hydrogen (secondary N) is 1. The molecule has 0 amide bonds. The number of hydrogen-bond donors (Lipinski definition) is 2. The van der Waals surface area contributed by atoms with Crippen molar-refractivity contribution in [2.24, 2.45) is 4.99 Å². The van der Waals surface area contributed by atoms with Crippen LogP contribution in [0.25, 0.3) is 27.5 Å². The highest BCUT2D eigenvalue weighted by Gasteiger charge is 2.10. The van der Waals surface area contributed by atoms with Crippen LogP contribution in [0.3, 0.4) is 0 Å². The molecule has 0 aliphatic rings. The molecule has 4 heteroatoms. The molecule has 3 aromatic carbocycles. The van der Waals surface area contributed by atoms with Crippen molar-refractivity contribution < 1.29 is 5.21 Å². The van der Waals surface area contributed by atoms with Crippen molar-refractivity contribution in [2.75, 3.05) is 0 Å². The molecule has 0 saturated carbocycles. The Bertz CT molecular complexity index is 947. The maximum absolute atomic E-state index is 8.57. The first-order valence-electron chi connectivity index (χ1n) is 7.39. The minimum Gasteiger partial charge on any atom is -0.309 e. The van der Waals surface area contributed by atoms with Gasteiger partial charge in [0.1, 0.15) is 6.34 Å². The highest BCUT2D eigenvalue weighted by atomic mass is 16.5. The van der Waals surface area contributed by atoms with E-state index in [9.17, 15) is 0 Å². The Kier molecular flexibility index (Phi) is 3.29. The first-order chi connectivity index (χ1) is 11.4. The Hall–Kier alpha value is -3.11. The molecule has 4 aromatic rings.